The molecular formula is C18H29IN4O3S. The van der Waals surface area contributed by atoms with Gasteiger partial charge in [-0.15, -0.1) is 30.6 Å². The summed E-state index contributed by atoms with van der Waals surface area (Å²) in [5, 5.41) is 6.30. The second-order valence-electron chi connectivity index (χ2n) is 5.90. The summed E-state index contributed by atoms with van der Waals surface area (Å²) in [6.07, 6.45) is 1.76. The zero-order chi connectivity index (χ0) is 18.8. The quantitative estimate of drug-likeness (QED) is 0.242. The number of guanidine groups is 1. The van der Waals surface area contributed by atoms with E-state index < -0.39 is 10.0 Å². The van der Waals surface area contributed by atoms with Crippen molar-refractivity contribution in [2.45, 2.75) is 19.2 Å². The van der Waals surface area contributed by atoms with Gasteiger partial charge in [0.1, 0.15) is 0 Å². The SMILES string of the molecule is C=CCNC(=NCc1ccccc1CS(=O)(=O)N1CCOCC1)NCC.I. The second kappa shape index (κ2) is 12.3. The van der Waals surface area contributed by atoms with Crippen molar-refractivity contribution in [2.24, 2.45) is 4.99 Å². The van der Waals surface area contributed by atoms with Crippen molar-refractivity contribution < 1.29 is 13.2 Å². The average molecular weight is 508 g/mol. The molecule has 1 heterocycles. The molecule has 1 aromatic rings. The number of aliphatic imine (C=N–C) groups is 1. The van der Waals surface area contributed by atoms with Crippen LogP contribution in [0.15, 0.2) is 41.9 Å². The molecule has 1 fully saturated rings. The molecule has 0 aliphatic carbocycles. The maximum atomic E-state index is 12.7. The molecule has 1 saturated heterocycles. The van der Waals surface area contributed by atoms with E-state index in [-0.39, 0.29) is 29.7 Å². The lowest BCUT2D eigenvalue weighted by molar-refractivity contribution is 0.0729. The molecule has 0 radical (unpaired) electrons. The Labute approximate surface area is 179 Å². The number of halogens is 1. The van der Waals surface area contributed by atoms with Crippen LogP contribution in [0.5, 0.6) is 0 Å². The van der Waals surface area contributed by atoms with E-state index in [0.29, 0.717) is 45.4 Å². The van der Waals surface area contributed by atoms with Gasteiger partial charge >= 0.3 is 0 Å². The number of benzene rings is 1. The standard InChI is InChI=1S/C18H28N4O3S.HI/c1-3-9-20-18(19-4-2)21-14-16-7-5-6-8-17(16)15-26(23,24)22-10-12-25-13-11-22;/h3,5-8H,1,4,9-15H2,2H3,(H2,19,20,21);1H. The van der Waals surface area contributed by atoms with E-state index in [0.717, 1.165) is 17.7 Å². The van der Waals surface area contributed by atoms with Gasteiger partial charge in [0.2, 0.25) is 10.0 Å². The maximum Gasteiger partial charge on any atom is 0.218 e. The highest BCUT2D eigenvalue weighted by molar-refractivity contribution is 14.0. The van der Waals surface area contributed by atoms with Crippen LogP contribution in [0.2, 0.25) is 0 Å². The maximum absolute atomic E-state index is 12.7. The highest BCUT2D eigenvalue weighted by Crippen LogP contribution is 2.17. The Hall–Kier alpha value is -1.17. The van der Waals surface area contributed by atoms with Crippen LogP contribution in [-0.4, -0.2) is 58.1 Å². The fourth-order valence-electron chi connectivity index (χ4n) is 2.64. The Morgan fingerprint density at radius 1 is 1.26 bits per heavy atom. The number of morpholine rings is 1. The summed E-state index contributed by atoms with van der Waals surface area (Å²) in [5.41, 5.74) is 1.68. The second-order valence-corrected chi connectivity index (χ2v) is 7.87. The molecule has 1 aliphatic rings. The lowest BCUT2D eigenvalue weighted by Gasteiger charge is -2.26. The third-order valence-electron chi connectivity index (χ3n) is 3.99. The smallest absolute Gasteiger partial charge is 0.218 e. The number of nitrogens with one attached hydrogen (secondary N) is 2. The fourth-order valence-corrected chi connectivity index (χ4v) is 4.20. The van der Waals surface area contributed by atoms with Gasteiger partial charge in [0.15, 0.2) is 5.96 Å². The monoisotopic (exact) mass is 508 g/mol. The van der Waals surface area contributed by atoms with Gasteiger partial charge < -0.3 is 15.4 Å². The summed E-state index contributed by atoms with van der Waals surface area (Å²) in [5.74, 6) is 0.660. The molecule has 0 aromatic heterocycles. The molecule has 9 heteroatoms. The van der Waals surface area contributed by atoms with Crippen molar-refractivity contribution in [1.82, 2.24) is 14.9 Å². The molecule has 152 valence electrons. The lowest BCUT2D eigenvalue weighted by atomic mass is 10.1. The molecular weight excluding hydrogens is 479 g/mol. The molecule has 0 atom stereocenters. The Kier molecular flexibility index (Phi) is 10.9. The molecule has 0 amide bonds. The lowest BCUT2D eigenvalue weighted by Crippen LogP contribution is -2.41. The summed E-state index contributed by atoms with van der Waals surface area (Å²) in [4.78, 5) is 4.54. The predicted octanol–water partition coefficient (Wildman–Crippen LogP) is 1.71. The number of nitrogens with zero attached hydrogens (tertiary/aromatic N) is 2. The van der Waals surface area contributed by atoms with Crippen LogP contribution in [0.1, 0.15) is 18.1 Å². The van der Waals surface area contributed by atoms with Crippen LogP contribution < -0.4 is 10.6 Å². The van der Waals surface area contributed by atoms with Gasteiger partial charge in [-0.3, -0.25) is 0 Å². The van der Waals surface area contributed by atoms with Gasteiger partial charge in [-0.25, -0.2) is 13.4 Å². The largest absolute Gasteiger partial charge is 0.379 e. The van der Waals surface area contributed by atoms with Gasteiger partial charge in [0, 0.05) is 26.2 Å². The van der Waals surface area contributed by atoms with E-state index in [2.05, 4.69) is 22.2 Å². The number of hydrogen-bond donors (Lipinski definition) is 2. The minimum absolute atomic E-state index is 0. The summed E-state index contributed by atoms with van der Waals surface area (Å²) >= 11 is 0. The first kappa shape index (κ1) is 23.9. The third kappa shape index (κ3) is 7.76. The molecule has 0 bridgehead atoms. The summed E-state index contributed by atoms with van der Waals surface area (Å²) in [6, 6.07) is 7.54. The first-order valence-electron chi connectivity index (χ1n) is 8.82. The van der Waals surface area contributed by atoms with Gasteiger partial charge in [-0.05, 0) is 18.1 Å². The first-order chi connectivity index (χ1) is 12.6. The fraction of sp³-hybridized carbons (Fsp3) is 0.500. The van der Waals surface area contributed by atoms with E-state index in [1.165, 1.54) is 4.31 Å². The summed E-state index contributed by atoms with van der Waals surface area (Å²) in [6.45, 7) is 9.17. The summed E-state index contributed by atoms with van der Waals surface area (Å²) < 4.78 is 32.1. The molecule has 1 aromatic carbocycles. The molecule has 27 heavy (non-hydrogen) atoms. The molecule has 1 aliphatic heterocycles. The Balaban J connectivity index is 0.00000364. The van der Waals surface area contributed by atoms with E-state index in [4.69, 9.17) is 4.74 Å². The Bertz CT molecular complexity index is 719. The number of ether oxygens (including phenoxy) is 1. The van der Waals surface area contributed by atoms with Crippen molar-refractivity contribution >= 4 is 40.0 Å². The number of rotatable bonds is 8. The number of sulfonamides is 1. The highest BCUT2D eigenvalue weighted by atomic mass is 127. The number of hydrogen-bond acceptors (Lipinski definition) is 4. The highest BCUT2D eigenvalue weighted by Gasteiger charge is 2.25. The van der Waals surface area contributed by atoms with Gasteiger partial charge in [0.25, 0.3) is 0 Å². The zero-order valence-corrected chi connectivity index (χ0v) is 18.8. The van der Waals surface area contributed by atoms with Crippen LogP contribution in [0.25, 0.3) is 0 Å². The zero-order valence-electron chi connectivity index (χ0n) is 15.7. The van der Waals surface area contributed by atoms with E-state index in [9.17, 15) is 8.42 Å². The van der Waals surface area contributed by atoms with Crippen molar-refractivity contribution in [1.29, 1.82) is 0 Å². The minimum atomic E-state index is -3.36. The first-order valence-corrected chi connectivity index (χ1v) is 10.4. The topological polar surface area (TPSA) is 83.0 Å². The van der Waals surface area contributed by atoms with E-state index >= 15 is 0 Å². The predicted molar refractivity (Wildman–Crippen MR) is 120 cm³/mol. The minimum Gasteiger partial charge on any atom is -0.379 e. The molecule has 0 unspecified atom stereocenters. The van der Waals surface area contributed by atoms with Gasteiger partial charge in [-0.1, -0.05) is 30.3 Å². The van der Waals surface area contributed by atoms with Crippen LogP contribution in [0.4, 0.5) is 0 Å². The average Bonchev–Trinajstić information content (AvgIpc) is 2.65. The molecule has 0 saturated carbocycles. The van der Waals surface area contributed by atoms with Crippen LogP contribution in [0.3, 0.4) is 0 Å². The van der Waals surface area contributed by atoms with Gasteiger partial charge in [-0.2, -0.15) is 4.31 Å². The molecule has 2 rings (SSSR count). The Morgan fingerprint density at radius 3 is 2.56 bits per heavy atom. The van der Waals surface area contributed by atoms with Crippen molar-refractivity contribution in [2.75, 3.05) is 39.4 Å². The molecule has 7 nitrogen and oxygen atoms in total. The van der Waals surface area contributed by atoms with E-state index in [1.54, 1.807) is 6.08 Å². The van der Waals surface area contributed by atoms with Crippen molar-refractivity contribution in [3.8, 4) is 0 Å². The van der Waals surface area contributed by atoms with Crippen LogP contribution in [0, 0.1) is 0 Å². The van der Waals surface area contributed by atoms with Crippen LogP contribution in [-0.2, 0) is 27.1 Å². The normalized spacial score (nSPS) is 15.7. The summed E-state index contributed by atoms with van der Waals surface area (Å²) in [7, 11) is -3.36. The van der Waals surface area contributed by atoms with E-state index in [1.807, 2.05) is 31.2 Å². The third-order valence-corrected chi connectivity index (χ3v) is 5.81. The van der Waals surface area contributed by atoms with Crippen LogP contribution >= 0.6 is 24.0 Å². The van der Waals surface area contributed by atoms with Crippen molar-refractivity contribution in [3.63, 3.8) is 0 Å². The Morgan fingerprint density at radius 2 is 1.93 bits per heavy atom. The molecule has 2 N–H and O–H groups in total. The molecule has 0 spiro atoms. The van der Waals surface area contributed by atoms with Gasteiger partial charge in [0.05, 0.1) is 25.5 Å². The van der Waals surface area contributed by atoms with Crippen molar-refractivity contribution in [3.05, 3.63) is 48.0 Å².